The third-order valence-corrected chi connectivity index (χ3v) is 2.29. The molecule has 1 aromatic rings. The van der Waals surface area contributed by atoms with Crippen LogP contribution in [0.15, 0.2) is 24.3 Å². The predicted octanol–water partition coefficient (Wildman–Crippen LogP) is 1.14. The van der Waals surface area contributed by atoms with Gasteiger partial charge in [-0.2, -0.15) is 0 Å². The molecule has 0 bridgehead atoms. The van der Waals surface area contributed by atoms with Crippen molar-refractivity contribution in [3.8, 4) is 5.75 Å². The fourth-order valence-corrected chi connectivity index (χ4v) is 1.09. The number of hydrogen-bond donors (Lipinski definition) is 3. The molecule has 1 rings (SSSR count). The number of aromatic hydroxyl groups is 1. The maximum atomic E-state index is 11.6. The van der Waals surface area contributed by atoms with Gasteiger partial charge in [-0.05, 0) is 24.3 Å². The molecule has 0 unspecified atom stereocenters. The number of phenols is 1. The second kappa shape index (κ2) is 4.99. The van der Waals surface area contributed by atoms with Gasteiger partial charge in [0.25, 0.3) is 5.91 Å². The van der Waals surface area contributed by atoms with E-state index in [0.717, 1.165) is 0 Å². The van der Waals surface area contributed by atoms with E-state index in [-0.39, 0.29) is 23.7 Å². The highest BCUT2D eigenvalue weighted by Crippen LogP contribution is 2.13. The van der Waals surface area contributed by atoms with Crippen molar-refractivity contribution in [2.24, 2.45) is 5.41 Å². The van der Waals surface area contributed by atoms with Crippen LogP contribution in [0, 0.1) is 5.41 Å². The van der Waals surface area contributed by atoms with E-state index in [4.69, 9.17) is 10.2 Å². The molecule has 1 aromatic carbocycles. The van der Waals surface area contributed by atoms with E-state index in [0.29, 0.717) is 12.1 Å². The van der Waals surface area contributed by atoms with Crippen LogP contribution in [0.5, 0.6) is 5.75 Å². The van der Waals surface area contributed by atoms with Crippen molar-refractivity contribution in [3.63, 3.8) is 0 Å². The maximum Gasteiger partial charge on any atom is 0.251 e. The van der Waals surface area contributed by atoms with Gasteiger partial charge in [0.1, 0.15) is 5.75 Å². The first-order chi connectivity index (χ1) is 7.44. The summed E-state index contributed by atoms with van der Waals surface area (Å²) in [7, 11) is 0. The van der Waals surface area contributed by atoms with Crippen molar-refractivity contribution >= 4 is 5.91 Å². The van der Waals surface area contributed by atoms with Crippen LogP contribution in [0.3, 0.4) is 0 Å². The van der Waals surface area contributed by atoms with Crippen molar-refractivity contribution in [3.05, 3.63) is 29.8 Å². The monoisotopic (exact) mass is 223 g/mol. The van der Waals surface area contributed by atoms with E-state index in [2.05, 4.69) is 5.32 Å². The van der Waals surface area contributed by atoms with Gasteiger partial charge in [0, 0.05) is 24.1 Å². The van der Waals surface area contributed by atoms with Crippen LogP contribution in [0.4, 0.5) is 0 Å². The van der Waals surface area contributed by atoms with Gasteiger partial charge in [-0.3, -0.25) is 4.79 Å². The van der Waals surface area contributed by atoms with Gasteiger partial charge >= 0.3 is 0 Å². The number of carbonyl (C=O) groups excluding carboxylic acids is 1. The Balaban J connectivity index is 2.56. The molecule has 0 spiro atoms. The zero-order valence-corrected chi connectivity index (χ0v) is 9.53. The first kappa shape index (κ1) is 12.5. The number of phenolic OH excluding ortho intramolecular Hbond substituents is 1. The molecule has 0 aliphatic heterocycles. The van der Waals surface area contributed by atoms with Crippen LogP contribution in [-0.4, -0.2) is 29.3 Å². The molecular weight excluding hydrogens is 206 g/mol. The minimum absolute atomic E-state index is 0.0167. The number of rotatable bonds is 4. The molecule has 0 fully saturated rings. The smallest absolute Gasteiger partial charge is 0.251 e. The topological polar surface area (TPSA) is 69.6 Å². The summed E-state index contributed by atoms with van der Waals surface area (Å²) in [4.78, 5) is 11.6. The molecule has 88 valence electrons. The van der Waals surface area contributed by atoms with Crippen molar-refractivity contribution in [2.45, 2.75) is 13.8 Å². The van der Waals surface area contributed by atoms with E-state index >= 15 is 0 Å². The Kier molecular flexibility index (Phi) is 3.90. The van der Waals surface area contributed by atoms with Gasteiger partial charge in [0.2, 0.25) is 0 Å². The summed E-state index contributed by atoms with van der Waals surface area (Å²) in [5.41, 5.74) is 0.165. The average molecular weight is 223 g/mol. The Morgan fingerprint density at radius 2 is 1.88 bits per heavy atom. The summed E-state index contributed by atoms with van der Waals surface area (Å²) in [6.07, 6.45) is 0. The van der Waals surface area contributed by atoms with E-state index in [1.165, 1.54) is 12.1 Å². The normalized spacial score (nSPS) is 11.2. The van der Waals surface area contributed by atoms with Gasteiger partial charge in [-0.25, -0.2) is 0 Å². The third kappa shape index (κ3) is 3.55. The first-order valence-corrected chi connectivity index (χ1v) is 5.13. The highest BCUT2D eigenvalue weighted by atomic mass is 16.3. The van der Waals surface area contributed by atoms with E-state index in [1.807, 2.05) is 13.8 Å². The quantitative estimate of drug-likeness (QED) is 0.717. The molecule has 0 aliphatic rings. The molecule has 1 amide bonds. The number of aliphatic hydroxyl groups excluding tert-OH is 1. The summed E-state index contributed by atoms with van der Waals surface area (Å²) < 4.78 is 0. The highest BCUT2D eigenvalue weighted by molar-refractivity contribution is 5.94. The Morgan fingerprint density at radius 1 is 1.31 bits per heavy atom. The Hall–Kier alpha value is -1.55. The highest BCUT2D eigenvalue weighted by Gasteiger charge is 2.17. The van der Waals surface area contributed by atoms with Crippen LogP contribution < -0.4 is 5.32 Å². The van der Waals surface area contributed by atoms with Gasteiger partial charge < -0.3 is 15.5 Å². The first-order valence-electron chi connectivity index (χ1n) is 5.13. The molecule has 0 aromatic heterocycles. The fourth-order valence-electron chi connectivity index (χ4n) is 1.09. The summed E-state index contributed by atoms with van der Waals surface area (Å²) in [6, 6.07) is 6.03. The van der Waals surface area contributed by atoms with Crippen molar-refractivity contribution in [2.75, 3.05) is 13.2 Å². The van der Waals surface area contributed by atoms with Crippen LogP contribution in [0.25, 0.3) is 0 Å². The summed E-state index contributed by atoms with van der Waals surface area (Å²) in [5, 5.41) is 20.8. The standard InChI is InChI=1S/C12H17NO3/c1-12(2,8-14)7-13-11(16)9-3-5-10(15)6-4-9/h3-6,14-15H,7-8H2,1-2H3,(H,13,16). The Labute approximate surface area is 94.9 Å². The molecule has 0 atom stereocenters. The Bertz CT molecular complexity index is 357. The van der Waals surface area contributed by atoms with Crippen LogP contribution in [0.1, 0.15) is 24.2 Å². The molecule has 0 saturated heterocycles. The van der Waals surface area contributed by atoms with Crippen molar-refractivity contribution in [1.82, 2.24) is 5.32 Å². The van der Waals surface area contributed by atoms with Gasteiger partial charge in [-0.1, -0.05) is 13.8 Å². The molecule has 4 nitrogen and oxygen atoms in total. The van der Waals surface area contributed by atoms with E-state index in [9.17, 15) is 4.79 Å². The van der Waals surface area contributed by atoms with E-state index < -0.39 is 0 Å². The summed E-state index contributed by atoms with van der Waals surface area (Å²) in [6.45, 7) is 4.15. The molecule has 0 heterocycles. The Morgan fingerprint density at radius 3 is 2.38 bits per heavy atom. The van der Waals surface area contributed by atoms with Crippen molar-refractivity contribution in [1.29, 1.82) is 0 Å². The lowest BCUT2D eigenvalue weighted by atomic mass is 9.95. The minimum Gasteiger partial charge on any atom is -0.508 e. The van der Waals surface area contributed by atoms with Crippen LogP contribution in [-0.2, 0) is 0 Å². The predicted molar refractivity (Wildman–Crippen MR) is 61.3 cm³/mol. The molecule has 4 heteroatoms. The molecule has 0 aliphatic carbocycles. The number of nitrogens with one attached hydrogen (secondary N) is 1. The fraction of sp³-hybridized carbons (Fsp3) is 0.417. The summed E-state index contributed by atoms with van der Waals surface area (Å²) in [5.74, 6) is -0.0752. The number of hydrogen-bond acceptors (Lipinski definition) is 3. The van der Waals surface area contributed by atoms with Crippen molar-refractivity contribution < 1.29 is 15.0 Å². The maximum absolute atomic E-state index is 11.6. The zero-order valence-electron chi connectivity index (χ0n) is 9.53. The lowest BCUT2D eigenvalue weighted by Gasteiger charge is -2.21. The molecule has 0 radical (unpaired) electrons. The second-order valence-corrected chi connectivity index (χ2v) is 4.55. The van der Waals surface area contributed by atoms with Gasteiger partial charge in [0.15, 0.2) is 0 Å². The molecule has 3 N–H and O–H groups in total. The number of amides is 1. The third-order valence-electron chi connectivity index (χ3n) is 2.29. The number of aliphatic hydroxyl groups is 1. The van der Waals surface area contributed by atoms with E-state index in [1.54, 1.807) is 12.1 Å². The minimum atomic E-state index is -0.327. The zero-order chi connectivity index (χ0) is 12.2. The lowest BCUT2D eigenvalue weighted by Crippen LogP contribution is -2.36. The molecule has 0 saturated carbocycles. The van der Waals surface area contributed by atoms with Gasteiger partial charge in [0.05, 0.1) is 0 Å². The molecule has 16 heavy (non-hydrogen) atoms. The number of benzene rings is 1. The second-order valence-electron chi connectivity index (χ2n) is 4.55. The average Bonchev–Trinajstić information content (AvgIpc) is 2.27. The SMILES string of the molecule is CC(C)(CO)CNC(=O)c1ccc(O)cc1. The van der Waals surface area contributed by atoms with Gasteiger partial charge in [-0.15, -0.1) is 0 Å². The number of carbonyl (C=O) groups is 1. The van der Waals surface area contributed by atoms with Crippen LogP contribution >= 0.6 is 0 Å². The largest absolute Gasteiger partial charge is 0.508 e. The lowest BCUT2D eigenvalue weighted by molar-refractivity contribution is 0.0911. The van der Waals surface area contributed by atoms with Crippen LogP contribution in [0.2, 0.25) is 0 Å². The molecular formula is C12H17NO3. The summed E-state index contributed by atoms with van der Waals surface area (Å²) >= 11 is 0.